The Labute approximate surface area is 106 Å². The molecule has 0 aliphatic heterocycles. The molecule has 0 heterocycles. The maximum Gasteiger partial charge on any atom is 0.416 e. The molecule has 0 fully saturated rings. The van der Waals surface area contributed by atoms with E-state index in [-0.39, 0.29) is 5.92 Å². The Morgan fingerprint density at radius 2 is 1.83 bits per heavy atom. The normalized spacial score (nSPS) is 11.9. The minimum absolute atomic E-state index is 0.0424. The van der Waals surface area contributed by atoms with Gasteiger partial charge in [0, 0.05) is 0 Å². The average Bonchev–Trinajstić information content (AvgIpc) is 2.28. The fourth-order valence-corrected chi connectivity index (χ4v) is 1.54. The predicted octanol–water partition coefficient (Wildman–Crippen LogP) is 5.01. The molecule has 102 valence electrons. The van der Waals surface area contributed by atoms with Gasteiger partial charge in [-0.05, 0) is 36.1 Å². The van der Waals surface area contributed by atoms with Gasteiger partial charge in [-0.1, -0.05) is 27.2 Å². The second kappa shape index (κ2) is 6.12. The van der Waals surface area contributed by atoms with Crippen LogP contribution in [-0.4, -0.2) is 6.61 Å². The number of rotatable bonds is 5. The third-order valence-corrected chi connectivity index (χ3v) is 2.69. The monoisotopic (exact) mass is 260 g/mol. The smallest absolute Gasteiger partial charge is 0.416 e. The molecular formula is C14H19F3O. The first-order chi connectivity index (χ1) is 8.34. The lowest BCUT2D eigenvalue weighted by molar-refractivity contribution is -0.137. The summed E-state index contributed by atoms with van der Waals surface area (Å²) < 4.78 is 43.6. The second-order valence-corrected chi connectivity index (χ2v) is 4.65. The molecule has 0 saturated heterocycles. The lowest BCUT2D eigenvalue weighted by Gasteiger charge is -2.14. The van der Waals surface area contributed by atoms with E-state index in [2.05, 4.69) is 0 Å². The molecule has 0 radical (unpaired) electrons. The number of benzene rings is 1. The Balaban J connectivity index is 2.99. The molecule has 0 bridgehead atoms. The Kier molecular flexibility index (Phi) is 5.05. The van der Waals surface area contributed by atoms with Gasteiger partial charge < -0.3 is 4.74 Å². The van der Waals surface area contributed by atoms with Crippen molar-refractivity contribution in [1.29, 1.82) is 0 Å². The summed E-state index contributed by atoms with van der Waals surface area (Å²) in [6, 6.07) is 3.95. The van der Waals surface area contributed by atoms with Crippen LogP contribution in [0.5, 0.6) is 5.75 Å². The van der Waals surface area contributed by atoms with Crippen molar-refractivity contribution in [2.75, 3.05) is 6.61 Å². The maximum absolute atomic E-state index is 12.7. The van der Waals surface area contributed by atoms with E-state index < -0.39 is 11.7 Å². The Bertz CT molecular complexity index is 383. The molecule has 0 atom stereocenters. The summed E-state index contributed by atoms with van der Waals surface area (Å²) in [5.74, 6) is 0.350. The van der Waals surface area contributed by atoms with Crippen LogP contribution in [0.25, 0.3) is 0 Å². The zero-order valence-electron chi connectivity index (χ0n) is 11.0. The summed E-state index contributed by atoms with van der Waals surface area (Å²) in [4.78, 5) is 0. The first-order valence-electron chi connectivity index (χ1n) is 6.19. The van der Waals surface area contributed by atoms with Crippen LogP contribution in [-0.2, 0) is 6.18 Å². The van der Waals surface area contributed by atoms with Gasteiger partial charge in [0.1, 0.15) is 5.75 Å². The van der Waals surface area contributed by atoms with E-state index in [0.717, 1.165) is 18.9 Å². The van der Waals surface area contributed by atoms with Gasteiger partial charge in [0.25, 0.3) is 0 Å². The Morgan fingerprint density at radius 1 is 1.17 bits per heavy atom. The third-order valence-electron chi connectivity index (χ3n) is 2.69. The van der Waals surface area contributed by atoms with E-state index in [9.17, 15) is 13.2 Å². The molecule has 0 aliphatic rings. The highest BCUT2D eigenvalue weighted by Gasteiger charge is 2.31. The fourth-order valence-electron chi connectivity index (χ4n) is 1.54. The molecule has 0 spiro atoms. The van der Waals surface area contributed by atoms with Crippen molar-refractivity contribution in [3.05, 3.63) is 29.3 Å². The van der Waals surface area contributed by atoms with E-state index in [1.54, 1.807) is 6.07 Å². The van der Waals surface area contributed by atoms with Crippen molar-refractivity contribution in [3.8, 4) is 5.75 Å². The van der Waals surface area contributed by atoms with Gasteiger partial charge >= 0.3 is 6.18 Å². The maximum atomic E-state index is 12.7. The number of alkyl halides is 3. The highest BCUT2D eigenvalue weighted by atomic mass is 19.4. The SMILES string of the molecule is CCCCOc1cc(C(C)C)cc(C(F)(F)F)c1. The molecular weight excluding hydrogens is 241 g/mol. The lowest BCUT2D eigenvalue weighted by Crippen LogP contribution is -2.07. The van der Waals surface area contributed by atoms with Crippen molar-refractivity contribution in [2.24, 2.45) is 0 Å². The van der Waals surface area contributed by atoms with E-state index in [0.29, 0.717) is 17.9 Å². The van der Waals surface area contributed by atoms with Crippen LogP contribution in [0, 0.1) is 0 Å². The van der Waals surface area contributed by atoms with Crippen molar-refractivity contribution < 1.29 is 17.9 Å². The first kappa shape index (κ1) is 14.9. The van der Waals surface area contributed by atoms with Crippen LogP contribution in [0.3, 0.4) is 0 Å². The second-order valence-electron chi connectivity index (χ2n) is 4.65. The van der Waals surface area contributed by atoms with Crippen LogP contribution in [0.15, 0.2) is 18.2 Å². The Hall–Kier alpha value is -1.19. The van der Waals surface area contributed by atoms with Crippen molar-refractivity contribution in [3.63, 3.8) is 0 Å². The standard InChI is InChI=1S/C14H19F3O/c1-4-5-6-18-13-8-11(10(2)3)7-12(9-13)14(15,16)17/h7-10H,4-6H2,1-3H3. The van der Waals surface area contributed by atoms with Gasteiger partial charge in [-0.3, -0.25) is 0 Å². The number of unbranched alkanes of at least 4 members (excludes halogenated alkanes) is 1. The molecule has 4 heteroatoms. The summed E-state index contributed by atoms with van der Waals surface area (Å²) in [6.45, 7) is 6.20. The van der Waals surface area contributed by atoms with Crippen LogP contribution < -0.4 is 4.74 Å². The van der Waals surface area contributed by atoms with Crippen LogP contribution in [0.2, 0.25) is 0 Å². The average molecular weight is 260 g/mol. The van der Waals surface area contributed by atoms with Gasteiger partial charge in [-0.2, -0.15) is 13.2 Å². The van der Waals surface area contributed by atoms with Gasteiger partial charge in [-0.25, -0.2) is 0 Å². The molecule has 1 nitrogen and oxygen atoms in total. The molecule has 1 rings (SSSR count). The minimum Gasteiger partial charge on any atom is -0.494 e. The van der Waals surface area contributed by atoms with Crippen LogP contribution >= 0.6 is 0 Å². The van der Waals surface area contributed by atoms with Gasteiger partial charge in [-0.15, -0.1) is 0 Å². The predicted molar refractivity (Wildman–Crippen MR) is 65.9 cm³/mol. The quantitative estimate of drug-likeness (QED) is 0.676. The van der Waals surface area contributed by atoms with E-state index in [4.69, 9.17) is 4.74 Å². The molecule has 1 aromatic carbocycles. The minimum atomic E-state index is -4.33. The first-order valence-corrected chi connectivity index (χ1v) is 6.19. The molecule has 0 amide bonds. The molecule has 0 aromatic heterocycles. The topological polar surface area (TPSA) is 9.23 Å². The van der Waals surface area contributed by atoms with E-state index in [1.165, 1.54) is 6.07 Å². The Morgan fingerprint density at radius 3 is 2.33 bits per heavy atom. The van der Waals surface area contributed by atoms with Crippen molar-refractivity contribution in [2.45, 2.75) is 45.7 Å². The van der Waals surface area contributed by atoms with Gasteiger partial charge in [0.15, 0.2) is 0 Å². The zero-order valence-corrected chi connectivity index (χ0v) is 11.0. The summed E-state index contributed by atoms with van der Waals surface area (Å²) in [5, 5.41) is 0. The summed E-state index contributed by atoms with van der Waals surface area (Å²) in [7, 11) is 0. The van der Waals surface area contributed by atoms with Crippen LogP contribution in [0.4, 0.5) is 13.2 Å². The largest absolute Gasteiger partial charge is 0.494 e. The summed E-state index contributed by atoms with van der Waals surface area (Å²) in [5.41, 5.74) is 0.0107. The lowest BCUT2D eigenvalue weighted by atomic mass is 10.00. The molecule has 0 aliphatic carbocycles. The zero-order chi connectivity index (χ0) is 13.8. The van der Waals surface area contributed by atoms with Crippen LogP contribution in [0.1, 0.15) is 50.7 Å². The van der Waals surface area contributed by atoms with Crippen molar-refractivity contribution in [1.82, 2.24) is 0 Å². The molecule has 0 unspecified atom stereocenters. The number of halogens is 3. The summed E-state index contributed by atoms with van der Waals surface area (Å²) in [6.07, 6.45) is -2.53. The van der Waals surface area contributed by atoms with Crippen molar-refractivity contribution >= 4 is 0 Å². The molecule has 1 aromatic rings. The molecule has 18 heavy (non-hydrogen) atoms. The number of hydrogen-bond donors (Lipinski definition) is 0. The van der Waals surface area contributed by atoms with Gasteiger partial charge in [0.2, 0.25) is 0 Å². The number of ether oxygens (including phenoxy) is 1. The third kappa shape index (κ3) is 4.24. The number of hydrogen-bond acceptors (Lipinski definition) is 1. The fraction of sp³-hybridized carbons (Fsp3) is 0.571. The van der Waals surface area contributed by atoms with Gasteiger partial charge in [0.05, 0.1) is 12.2 Å². The molecule has 0 saturated carbocycles. The highest BCUT2D eigenvalue weighted by Crippen LogP contribution is 2.34. The van der Waals surface area contributed by atoms with E-state index in [1.807, 2.05) is 20.8 Å². The molecule has 0 N–H and O–H groups in total. The highest BCUT2D eigenvalue weighted by molar-refractivity contribution is 5.37. The van der Waals surface area contributed by atoms with E-state index >= 15 is 0 Å². The summed E-state index contributed by atoms with van der Waals surface area (Å²) >= 11 is 0.